The first-order chi connectivity index (χ1) is 15.9. The monoisotopic (exact) mass is 472 g/mol. The number of carboxylic acids is 1. The fraction of sp³-hybridized carbons (Fsp3) is 0.375. The van der Waals surface area contributed by atoms with E-state index >= 15 is 0 Å². The SMILES string of the molecule is CO[C@H](C)[C@H](NC(=O)OCC1c2ccccc2-c2ccccc21)C(=O)NCCSCC(=O)O. The Bertz CT molecular complexity index is 953. The molecule has 0 spiro atoms. The Labute approximate surface area is 197 Å². The van der Waals surface area contributed by atoms with Gasteiger partial charge in [0.15, 0.2) is 0 Å². The van der Waals surface area contributed by atoms with Crippen LogP contribution in [0.5, 0.6) is 0 Å². The molecule has 176 valence electrons. The minimum Gasteiger partial charge on any atom is -0.481 e. The molecule has 1 aliphatic rings. The van der Waals surface area contributed by atoms with Crippen molar-refractivity contribution in [2.45, 2.75) is 25.0 Å². The van der Waals surface area contributed by atoms with Crippen LogP contribution in [0.15, 0.2) is 48.5 Å². The van der Waals surface area contributed by atoms with Crippen LogP contribution in [0.3, 0.4) is 0 Å². The molecule has 0 bridgehead atoms. The molecule has 9 heteroatoms. The highest BCUT2D eigenvalue weighted by molar-refractivity contribution is 7.99. The highest BCUT2D eigenvalue weighted by atomic mass is 32.2. The van der Waals surface area contributed by atoms with Crippen molar-refractivity contribution in [1.29, 1.82) is 0 Å². The summed E-state index contributed by atoms with van der Waals surface area (Å²) in [6.45, 7) is 2.09. The molecular formula is C24H28N2O6S. The number of ether oxygens (including phenoxy) is 2. The molecule has 0 unspecified atom stereocenters. The van der Waals surface area contributed by atoms with E-state index in [9.17, 15) is 14.4 Å². The van der Waals surface area contributed by atoms with Gasteiger partial charge in [0.1, 0.15) is 12.6 Å². The van der Waals surface area contributed by atoms with Gasteiger partial charge >= 0.3 is 12.1 Å². The molecule has 0 fully saturated rings. The highest BCUT2D eigenvalue weighted by Crippen LogP contribution is 2.44. The van der Waals surface area contributed by atoms with E-state index in [4.69, 9.17) is 14.6 Å². The Morgan fingerprint density at radius 3 is 2.24 bits per heavy atom. The molecule has 2 atom stereocenters. The number of rotatable bonds is 11. The van der Waals surface area contributed by atoms with Crippen molar-refractivity contribution in [3.8, 4) is 11.1 Å². The van der Waals surface area contributed by atoms with E-state index in [0.717, 1.165) is 22.3 Å². The molecular weight excluding hydrogens is 444 g/mol. The van der Waals surface area contributed by atoms with Gasteiger partial charge in [-0.3, -0.25) is 9.59 Å². The third-order valence-electron chi connectivity index (χ3n) is 5.51. The molecule has 0 aromatic heterocycles. The summed E-state index contributed by atoms with van der Waals surface area (Å²) in [7, 11) is 1.45. The van der Waals surface area contributed by atoms with Crippen LogP contribution in [0, 0.1) is 0 Å². The van der Waals surface area contributed by atoms with Gasteiger partial charge in [-0.25, -0.2) is 4.79 Å². The Morgan fingerprint density at radius 2 is 1.67 bits per heavy atom. The minimum absolute atomic E-state index is 0.0359. The summed E-state index contributed by atoms with van der Waals surface area (Å²) >= 11 is 1.20. The maximum absolute atomic E-state index is 12.6. The average Bonchev–Trinajstić information content (AvgIpc) is 3.14. The zero-order chi connectivity index (χ0) is 23.8. The Hall–Kier alpha value is -3.04. The predicted molar refractivity (Wildman–Crippen MR) is 126 cm³/mol. The first-order valence-electron chi connectivity index (χ1n) is 10.6. The van der Waals surface area contributed by atoms with E-state index in [1.54, 1.807) is 6.92 Å². The number of hydrogen-bond donors (Lipinski definition) is 3. The van der Waals surface area contributed by atoms with Crippen molar-refractivity contribution in [1.82, 2.24) is 10.6 Å². The highest BCUT2D eigenvalue weighted by Gasteiger charge is 2.31. The molecule has 2 amide bonds. The fourth-order valence-corrected chi connectivity index (χ4v) is 4.38. The summed E-state index contributed by atoms with van der Waals surface area (Å²) in [4.78, 5) is 35.7. The van der Waals surface area contributed by atoms with Crippen LogP contribution in [0.4, 0.5) is 4.79 Å². The van der Waals surface area contributed by atoms with Crippen LogP contribution in [0.25, 0.3) is 11.1 Å². The number of benzene rings is 2. The van der Waals surface area contributed by atoms with Gasteiger partial charge in [0, 0.05) is 25.3 Å². The van der Waals surface area contributed by atoms with E-state index in [0.29, 0.717) is 5.75 Å². The molecule has 1 aliphatic carbocycles. The van der Waals surface area contributed by atoms with Gasteiger partial charge in [-0.15, -0.1) is 11.8 Å². The molecule has 2 aromatic carbocycles. The maximum atomic E-state index is 12.6. The lowest BCUT2D eigenvalue weighted by molar-refractivity contribution is -0.134. The number of amides is 2. The van der Waals surface area contributed by atoms with Gasteiger partial charge in [0.2, 0.25) is 5.91 Å². The number of alkyl carbamates (subject to hydrolysis) is 1. The van der Waals surface area contributed by atoms with Gasteiger partial charge in [0.25, 0.3) is 0 Å². The zero-order valence-corrected chi connectivity index (χ0v) is 19.4. The Morgan fingerprint density at radius 1 is 1.06 bits per heavy atom. The lowest BCUT2D eigenvalue weighted by Crippen LogP contribution is -2.53. The molecule has 0 heterocycles. The summed E-state index contributed by atoms with van der Waals surface area (Å²) in [6.07, 6.45) is -1.29. The number of nitrogens with one attached hydrogen (secondary N) is 2. The summed E-state index contributed by atoms with van der Waals surface area (Å²) in [5.41, 5.74) is 4.47. The van der Waals surface area contributed by atoms with Gasteiger partial charge in [-0.05, 0) is 29.2 Å². The lowest BCUT2D eigenvalue weighted by Gasteiger charge is -2.23. The number of thioether (sulfide) groups is 1. The number of carbonyl (C=O) groups excluding carboxylic acids is 2. The lowest BCUT2D eigenvalue weighted by atomic mass is 9.98. The van der Waals surface area contributed by atoms with Crippen LogP contribution < -0.4 is 10.6 Å². The molecule has 8 nitrogen and oxygen atoms in total. The topological polar surface area (TPSA) is 114 Å². The van der Waals surface area contributed by atoms with Crippen molar-refractivity contribution in [3.63, 3.8) is 0 Å². The number of carbonyl (C=O) groups is 3. The Kier molecular flexibility index (Phi) is 8.73. The maximum Gasteiger partial charge on any atom is 0.407 e. The fourth-order valence-electron chi connectivity index (χ4n) is 3.82. The number of carboxylic acid groups (broad SMARTS) is 1. The standard InChI is InChI=1S/C24H28N2O6S/c1-15(31-2)22(23(29)25-11-12-33-14-21(27)28)26-24(30)32-13-20-18-9-5-3-7-16(18)17-8-4-6-10-19(17)20/h3-10,15,20,22H,11-14H2,1-2H3,(H,25,29)(H,26,30)(H,27,28)/t15-,22+/m1/s1. The third-order valence-corrected chi connectivity index (χ3v) is 6.46. The van der Waals surface area contributed by atoms with Gasteiger partial charge in [-0.1, -0.05) is 48.5 Å². The second-order valence-electron chi connectivity index (χ2n) is 7.63. The van der Waals surface area contributed by atoms with Crippen LogP contribution in [0.1, 0.15) is 24.0 Å². The number of hydrogen-bond acceptors (Lipinski definition) is 6. The molecule has 3 rings (SSSR count). The molecule has 3 N–H and O–H groups in total. The first kappa shape index (κ1) is 24.6. The summed E-state index contributed by atoms with van der Waals surface area (Å²) in [5, 5.41) is 14.0. The molecule has 0 radical (unpaired) electrons. The van der Waals surface area contributed by atoms with Crippen molar-refractivity contribution in [2.24, 2.45) is 0 Å². The summed E-state index contributed by atoms with van der Waals surface area (Å²) in [5.74, 6) is -1.01. The van der Waals surface area contributed by atoms with Crippen molar-refractivity contribution < 1.29 is 29.0 Å². The molecule has 0 saturated carbocycles. The smallest absolute Gasteiger partial charge is 0.407 e. The second-order valence-corrected chi connectivity index (χ2v) is 8.73. The number of methoxy groups -OCH3 is 1. The zero-order valence-electron chi connectivity index (χ0n) is 18.6. The second kappa shape index (κ2) is 11.7. The van der Waals surface area contributed by atoms with Crippen LogP contribution in [0.2, 0.25) is 0 Å². The van der Waals surface area contributed by atoms with E-state index in [-0.39, 0.29) is 24.8 Å². The first-order valence-corrected chi connectivity index (χ1v) is 11.8. The van der Waals surface area contributed by atoms with Crippen LogP contribution in [-0.4, -0.2) is 67.0 Å². The summed E-state index contributed by atoms with van der Waals surface area (Å²) in [6, 6.07) is 15.1. The van der Waals surface area contributed by atoms with E-state index < -0.39 is 30.1 Å². The summed E-state index contributed by atoms with van der Waals surface area (Å²) < 4.78 is 10.8. The van der Waals surface area contributed by atoms with Gasteiger partial charge < -0.3 is 25.2 Å². The van der Waals surface area contributed by atoms with Gasteiger partial charge in [0.05, 0.1) is 11.9 Å². The third kappa shape index (κ3) is 6.27. The largest absolute Gasteiger partial charge is 0.481 e. The van der Waals surface area contributed by atoms with Gasteiger partial charge in [-0.2, -0.15) is 0 Å². The quantitative estimate of drug-likeness (QED) is 0.431. The van der Waals surface area contributed by atoms with E-state index in [1.165, 1.54) is 18.9 Å². The number of fused-ring (bicyclic) bond motifs is 3. The number of aliphatic carboxylic acids is 1. The van der Waals surface area contributed by atoms with E-state index in [2.05, 4.69) is 22.8 Å². The normalized spacial score (nSPS) is 14.0. The van der Waals surface area contributed by atoms with Crippen molar-refractivity contribution in [2.75, 3.05) is 31.8 Å². The molecule has 0 aliphatic heterocycles. The van der Waals surface area contributed by atoms with Crippen LogP contribution >= 0.6 is 11.8 Å². The van der Waals surface area contributed by atoms with Crippen molar-refractivity contribution >= 4 is 29.7 Å². The molecule has 0 saturated heterocycles. The van der Waals surface area contributed by atoms with Crippen LogP contribution in [-0.2, 0) is 19.1 Å². The minimum atomic E-state index is -0.949. The Balaban J connectivity index is 1.57. The van der Waals surface area contributed by atoms with E-state index in [1.807, 2.05) is 36.4 Å². The molecule has 2 aromatic rings. The molecule has 33 heavy (non-hydrogen) atoms. The predicted octanol–water partition coefficient (Wildman–Crippen LogP) is 2.86. The average molecular weight is 473 g/mol. The van der Waals surface area contributed by atoms with Crippen molar-refractivity contribution in [3.05, 3.63) is 59.7 Å².